The Morgan fingerprint density at radius 1 is 0.594 bits per heavy atom. The summed E-state index contributed by atoms with van der Waals surface area (Å²) in [5, 5.41) is 8.96. The van der Waals surface area contributed by atoms with Crippen molar-refractivity contribution in [2.75, 3.05) is 51.8 Å². The highest BCUT2D eigenvalue weighted by atomic mass is 32.3. The predicted molar refractivity (Wildman–Crippen MR) is 96.6 cm³/mol. The quantitative estimate of drug-likeness (QED) is 0.274. The van der Waals surface area contributed by atoms with Gasteiger partial charge in [0.1, 0.15) is 0 Å². The molecule has 0 aromatic heterocycles. The Kier molecular flexibility index (Phi) is 9.98. The fourth-order valence-electron chi connectivity index (χ4n) is 2.10. The van der Waals surface area contributed by atoms with Crippen LogP contribution < -0.4 is 0 Å². The molecule has 0 bridgehead atoms. The van der Waals surface area contributed by atoms with Crippen LogP contribution in [0.5, 0.6) is 0 Å². The molecule has 0 amide bonds. The van der Waals surface area contributed by atoms with Crippen molar-refractivity contribution in [1.82, 2.24) is 12.3 Å². The van der Waals surface area contributed by atoms with Gasteiger partial charge in [0, 0.05) is 32.7 Å². The molecule has 0 atom stereocenters. The number of hydrogen-bond acceptors (Lipinski definition) is 10. The molecule has 194 valence electrons. The molecule has 12 nitrogen and oxygen atoms in total. The number of hydrogen-bond donors (Lipinski definition) is 1. The molecule has 0 heterocycles. The van der Waals surface area contributed by atoms with Gasteiger partial charge in [-0.1, -0.05) is 7.42 Å². The van der Waals surface area contributed by atoms with E-state index in [9.17, 15) is 60.0 Å². The topological polar surface area (TPSA) is 167 Å². The van der Waals surface area contributed by atoms with Crippen LogP contribution in [0.2, 0.25) is 0 Å². The van der Waals surface area contributed by atoms with Crippen molar-refractivity contribution in [3.8, 4) is 0 Å². The van der Waals surface area contributed by atoms with Gasteiger partial charge >= 0.3 is 31.1 Å². The van der Waals surface area contributed by atoms with E-state index < -0.39 is 94.2 Å². The van der Waals surface area contributed by atoms with Gasteiger partial charge in [-0.05, 0) is 0 Å². The van der Waals surface area contributed by atoms with Gasteiger partial charge in [0.15, 0.2) is 0 Å². The number of sulfonamides is 4. The van der Waals surface area contributed by atoms with Crippen molar-refractivity contribution in [3.63, 3.8) is 0 Å². The number of aliphatic hydroxyl groups excluding tert-OH is 1. The smallest absolute Gasteiger partial charge is 0.395 e. The molecule has 0 unspecified atom stereocenters. The van der Waals surface area contributed by atoms with E-state index in [1.54, 1.807) is 0 Å². The van der Waals surface area contributed by atoms with Gasteiger partial charge in [0.2, 0.25) is 20.0 Å². The summed E-state index contributed by atoms with van der Waals surface area (Å²) in [5.41, 5.74) is -12.8. The second kappa shape index (κ2) is 10.2. The molecule has 0 radical (unpaired) electrons. The zero-order chi connectivity index (χ0) is 26.0. The molecule has 0 fully saturated rings. The lowest BCUT2D eigenvalue weighted by Crippen LogP contribution is -2.52. The number of rotatable bonds is 12. The highest BCUT2D eigenvalue weighted by Gasteiger charge is 2.61. The molecular formula is C10H19F6N3O9S4. The Morgan fingerprint density at radius 3 is 1.16 bits per heavy atom. The number of aliphatic hydroxyl groups is 1. The molecule has 0 aliphatic rings. The Morgan fingerprint density at radius 2 is 0.906 bits per heavy atom. The second-order valence-electron chi connectivity index (χ2n) is 5.99. The molecule has 0 saturated carbocycles. The standard InChI is InChI=1S/C10H19F6N3O9S4/c1-29(21,22)18(30(2,23)24)5-3-17(7-8-20)4-6-19(31(25,26)9(11,12)13)32(27,28)10(14,15)16/h20H,3-8H2,1-2H3. The molecule has 0 spiro atoms. The highest BCUT2D eigenvalue weighted by Crippen LogP contribution is 2.34. The van der Waals surface area contributed by atoms with Crippen LogP contribution in [-0.4, -0.2) is 114 Å². The molecule has 0 rings (SSSR count). The van der Waals surface area contributed by atoms with Crippen molar-refractivity contribution < 1.29 is 65.1 Å². The lowest BCUT2D eigenvalue weighted by Gasteiger charge is -2.28. The summed E-state index contributed by atoms with van der Waals surface area (Å²) in [5.74, 6) is 0. The number of alkyl halides is 6. The average Bonchev–Trinajstić information content (AvgIpc) is 2.49. The Hall–Kier alpha value is -0.780. The first-order chi connectivity index (χ1) is 13.9. The summed E-state index contributed by atoms with van der Waals surface area (Å²) >= 11 is 0. The molecule has 0 aliphatic carbocycles. The summed E-state index contributed by atoms with van der Waals surface area (Å²) in [6.45, 7) is -6.24. The Balaban J connectivity index is 5.98. The van der Waals surface area contributed by atoms with Crippen LogP contribution in [0, 0.1) is 0 Å². The van der Waals surface area contributed by atoms with Gasteiger partial charge in [-0.2, -0.15) is 26.3 Å². The van der Waals surface area contributed by atoms with E-state index in [4.69, 9.17) is 5.11 Å². The minimum absolute atomic E-state index is 0.0684. The zero-order valence-electron chi connectivity index (χ0n) is 16.2. The lowest BCUT2D eigenvalue weighted by atomic mass is 10.4. The van der Waals surface area contributed by atoms with Gasteiger partial charge < -0.3 is 5.11 Å². The fourth-order valence-corrected chi connectivity index (χ4v) is 7.54. The average molecular weight is 568 g/mol. The Bertz CT molecular complexity index is 992. The maximum Gasteiger partial charge on any atom is 0.512 e. The molecule has 0 saturated heterocycles. The molecule has 1 N–H and O–H groups in total. The SMILES string of the molecule is CS(=O)(=O)N(CCN(CCO)CCN(S(=O)(=O)C(F)(F)F)S(=O)(=O)C(F)(F)F)S(C)(=O)=O. The summed E-state index contributed by atoms with van der Waals surface area (Å²) in [6, 6.07) is 0. The molecule has 22 heteroatoms. The third-order valence-corrected chi connectivity index (χ3v) is 10.7. The summed E-state index contributed by atoms with van der Waals surface area (Å²) in [7, 11) is -22.9. The molecule has 32 heavy (non-hydrogen) atoms. The van der Waals surface area contributed by atoms with Crippen LogP contribution in [0.4, 0.5) is 26.3 Å². The van der Waals surface area contributed by atoms with E-state index in [0.717, 1.165) is 0 Å². The summed E-state index contributed by atoms with van der Waals surface area (Å²) in [6.07, 6.45) is 0.968. The van der Waals surface area contributed by atoms with E-state index in [2.05, 4.69) is 0 Å². The van der Waals surface area contributed by atoms with Crippen LogP contribution in [0.1, 0.15) is 0 Å². The minimum Gasteiger partial charge on any atom is -0.395 e. The number of halogens is 6. The van der Waals surface area contributed by atoms with Crippen LogP contribution in [0.3, 0.4) is 0 Å². The van der Waals surface area contributed by atoms with Crippen molar-refractivity contribution >= 4 is 40.1 Å². The van der Waals surface area contributed by atoms with Crippen LogP contribution >= 0.6 is 0 Å². The van der Waals surface area contributed by atoms with Crippen molar-refractivity contribution in [3.05, 3.63) is 0 Å². The maximum atomic E-state index is 12.7. The first kappa shape index (κ1) is 31.2. The largest absolute Gasteiger partial charge is 0.512 e. The molecule has 0 aliphatic heterocycles. The number of nitrogens with zero attached hydrogens (tertiary/aromatic N) is 3. The van der Waals surface area contributed by atoms with Crippen LogP contribution in [0.15, 0.2) is 0 Å². The first-order valence-electron chi connectivity index (χ1n) is 7.82. The van der Waals surface area contributed by atoms with Gasteiger partial charge in [0.05, 0.1) is 19.1 Å². The van der Waals surface area contributed by atoms with Gasteiger partial charge in [-0.3, -0.25) is 4.90 Å². The third-order valence-electron chi connectivity index (χ3n) is 3.47. The van der Waals surface area contributed by atoms with E-state index in [-0.39, 0.29) is 3.71 Å². The lowest BCUT2D eigenvalue weighted by molar-refractivity contribution is -0.0533. The summed E-state index contributed by atoms with van der Waals surface area (Å²) in [4.78, 5) is 0.661. The molecule has 0 aromatic carbocycles. The first-order valence-corrected chi connectivity index (χ1v) is 14.4. The van der Waals surface area contributed by atoms with Crippen molar-refractivity contribution in [2.24, 2.45) is 0 Å². The Labute approximate surface area is 180 Å². The van der Waals surface area contributed by atoms with E-state index in [0.29, 0.717) is 17.4 Å². The van der Waals surface area contributed by atoms with Crippen molar-refractivity contribution in [1.29, 1.82) is 0 Å². The molecular weight excluding hydrogens is 548 g/mol. The highest BCUT2D eigenvalue weighted by molar-refractivity contribution is 8.04. The van der Waals surface area contributed by atoms with E-state index in [1.165, 1.54) is 0 Å². The predicted octanol–water partition coefficient (Wildman–Crippen LogP) is -1.50. The normalized spacial score (nSPS) is 15.1. The van der Waals surface area contributed by atoms with Crippen LogP contribution in [0.25, 0.3) is 0 Å². The second-order valence-corrected chi connectivity index (χ2v) is 14.0. The monoisotopic (exact) mass is 567 g/mol. The zero-order valence-corrected chi connectivity index (χ0v) is 19.5. The van der Waals surface area contributed by atoms with Gasteiger partial charge in [-0.15, -0.1) is 0 Å². The fraction of sp³-hybridized carbons (Fsp3) is 1.00. The third kappa shape index (κ3) is 7.92. The summed E-state index contributed by atoms with van der Waals surface area (Å²) < 4.78 is 167. The van der Waals surface area contributed by atoms with E-state index in [1.807, 2.05) is 0 Å². The van der Waals surface area contributed by atoms with Gasteiger partial charge in [0.25, 0.3) is 0 Å². The maximum absolute atomic E-state index is 12.7. The van der Waals surface area contributed by atoms with Gasteiger partial charge in [-0.25, -0.2) is 33.7 Å². The van der Waals surface area contributed by atoms with E-state index >= 15 is 0 Å². The molecule has 0 aromatic rings. The van der Waals surface area contributed by atoms with Crippen molar-refractivity contribution in [2.45, 2.75) is 11.0 Å². The van der Waals surface area contributed by atoms with Crippen LogP contribution in [-0.2, 0) is 40.1 Å². The minimum atomic E-state index is -7.03.